The lowest BCUT2D eigenvalue weighted by atomic mass is 10.4. The van der Waals surface area contributed by atoms with E-state index in [2.05, 4.69) is 25.4 Å². The summed E-state index contributed by atoms with van der Waals surface area (Å²) < 4.78 is 9.31. The molecule has 1 unspecified atom stereocenters. The molecule has 0 amide bonds. The van der Waals surface area contributed by atoms with Gasteiger partial charge in [0.25, 0.3) is 0 Å². The Kier molecular flexibility index (Phi) is 4.99. The highest BCUT2D eigenvalue weighted by Gasteiger charge is 2.18. The maximum Gasteiger partial charge on any atom is 0.214 e. The number of alkyl halides is 1. The predicted octanol–water partition coefficient (Wildman–Crippen LogP) is 1.52. The van der Waals surface area contributed by atoms with Crippen LogP contribution in [0.15, 0.2) is 9.81 Å². The third kappa shape index (κ3) is 3.45. The number of hydrogen-bond acceptors (Lipinski definition) is 7. The van der Waals surface area contributed by atoms with Gasteiger partial charge in [-0.3, -0.25) is 0 Å². The molecule has 1 atom stereocenters. The molecule has 0 spiro atoms. The van der Waals surface area contributed by atoms with Gasteiger partial charge < -0.3 is 10.1 Å². The third-order valence-corrected chi connectivity index (χ3v) is 1.94. The van der Waals surface area contributed by atoms with Gasteiger partial charge in [-0.05, 0) is 21.9 Å². The topological polar surface area (TPSA) is 89.6 Å². The Bertz CT molecular complexity index is 306. The Morgan fingerprint density at radius 1 is 1.67 bits per heavy atom. The second kappa shape index (κ2) is 6.31. The summed E-state index contributed by atoms with van der Waals surface area (Å²) in [7, 11) is 1.62. The van der Waals surface area contributed by atoms with E-state index in [9.17, 15) is 4.91 Å². The minimum Gasteiger partial charge on any atom is -0.385 e. The van der Waals surface area contributed by atoms with Gasteiger partial charge in [0.1, 0.15) is 0 Å². The number of hydrogen-bond donors (Lipinski definition) is 1. The molecule has 1 N–H and O–H groups in total. The Morgan fingerprint density at radius 2 is 2.47 bits per heavy atom. The summed E-state index contributed by atoms with van der Waals surface area (Å²) in [6, 6.07) is 0. The third-order valence-electron chi connectivity index (χ3n) is 1.65. The molecule has 0 bridgehead atoms. The summed E-state index contributed by atoms with van der Waals surface area (Å²) >= 11 is 5.57. The number of nitroso groups, excluding NO2 is 1. The summed E-state index contributed by atoms with van der Waals surface area (Å²) in [6.07, 6.45) is 0.796. The van der Waals surface area contributed by atoms with Crippen molar-refractivity contribution in [2.24, 2.45) is 5.18 Å². The molecule has 0 saturated heterocycles. The van der Waals surface area contributed by atoms with Crippen LogP contribution < -0.4 is 5.32 Å². The first-order valence-electron chi connectivity index (χ1n) is 4.31. The molecular weight excluding hydrogens is 224 g/mol. The summed E-state index contributed by atoms with van der Waals surface area (Å²) in [5.41, 5.74) is -0.884. The van der Waals surface area contributed by atoms with Gasteiger partial charge in [0, 0.05) is 20.3 Å². The normalized spacial score (nSPS) is 12.4. The number of nitrogens with one attached hydrogen (secondary N) is 1. The van der Waals surface area contributed by atoms with Crippen LogP contribution >= 0.6 is 11.6 Å². The summed E-state index contributed by atoms with van der Waals surface area (Å²) in [4.78, 5) is 10.2. The fourth-order valence-corrected chi connectivity index (χ4v) is 1.09. The molecule has 15 heavy (non-hydrogen) atoms. The van der Waals surface area contributed by atoms with Crippen LogP contribution in [0, 0.1) is 4.91 Å². The van der Waals surface area contributed by atoms with Crippen molar-refractivity contribution in [1.82, 2.24) is 10.3 Å². The molecule has 0 aliphatic heterocycles. The fraction of sp³-hybridized carbons (Fsp3) is 0.714. The number of halogens is 1. The Hall–Kier alpha value is -1.21. The second-order valence-corrected chi connectivity index (χ2v) is 3.13. The molecule has 8 heteroatoms. The SMILES string of the molecule is COCCCNc1nonc1C(Cl)N=O. The maximum atomic E-state index is 10.2. The lowest BCUT2D eigenvalue weighted by molar-refractivity contribution is 0.197. The molecule has 0 aromatic carbocycles. The molecule has 0 saturated carbocycles. The van der Waals surface area contributed by atoms with Crippen molar-refractivity contribution in [3.8, 4) is 0 Å². The van der Waals surface area contributed by atoms with Gasteiger partial charge in [0.05, 0.1) is 0 Å². The van der Waals surface area contributed by atoms with E-state index in [1.165, 1.54) is 0 Å². The number of nitrogens with zero attached hydrogens (tertiary/aromatic N) is 3. The maximum absolute atomic E-state index is 10.2. The first-order chi connectivity index (χ1) is 7.29. The van der Waals surface area contributed by atoms with Crippen LogP contribution in [0.25, 0.3) is 0 Å². The smallest absolute Gasteiger partial charge is 0.214 e. The number of rotatable bonds is 7. The number of anilines is 1. The highest BCUT2D eigenvalue weighted by atomic mass is 35.5. The molecule has 1 heterocycles. The molecular formula is C7H11ClN4O3. The van der Waals surface area contributed by atoms with E-state index in [0.29, 0.717) is 19.0 Å². The zero-order chi connectivity index (χ0) is 11.1. The minimum absolute atomic E-state index is 0.198. The molecule has 1 rings (SSSR count). The standard InChI is InChI=1S/C7H11ClN4O3/c1-14-4-2-3-9-7-5(6(8)10-13)11-15-12-7/h6H,2-4H2,1H3,(H,9,12). The zero-order valence-electron chi connectivity index (χ0n) is 8.14. The average molecular weight is 235 g/mol. The molecule has 0 radical (unpaired) electrons. The van der Waals surface area contributed by atoms with E-state index in [1.54, 1.807) is 7.11 Å². The molecule has 0 aliphatic carbocycles. The van der Waals surface area contributed by atoms with Crippen LogP contribution in [-0.2, 0) is 4.74 Å². The van der Waals surface area contributed by atoms with E-state index in [4.69, 9.17) is 16.3 Å². The molecule has 0 aliphatic rings. The number of methoxy groups -OCH3 is 1. The Morgan fingerprint density at radius 3 is 3.13 bits per heavy atom. The molecule has 84 valence electrons. The lowest BCUT2D eigenvalue weighted by Gasteiger charge is -2.02. The summed E-state index contributed by atoms with van der Waals surface area (Å²) in [6.45, 7) is 1.25. The lowest BCUT2D eigenvalue weighted by Crippen LogP contribution is -2.07. The highest BCUT2D eigenvalue weighted by molar-refractivity contribution is 6.20. The van der Waals surface area contributed by atoms with Gasteiger partial charge in [-0.2, -0.15) is 0 Å². The summed E-state index contributed by atoms with van der Waals surface area (Å²) in [5.74, 6) is 0.339. The summed E-state index contributed by atoms with van der Waals surface area (Å²) in [5, 5.41) is 12.6. The van der Waals surface area contributed by atoms with E-state index in [0.717, 1.165) is 6.42 Å². The van der Waals surface area contributed by atoms with Crippen molar-refractivity contribution in [3.05, 3.63) is 10.6 Å². The Balaban J connectivity index is 2.46. The van der Waals surface area contributed by atoms with Crippen molar-refractivity contribution in [1.29, 1.82) is 0 Å². The van der Waals surface area contributed by atoms with Gasteiger partial charge >= 0.3 is 0 Å². The average Bonchev–Trinajstić information content (AvgIpc) is 2.71. The van der Waals surface area contributed by atoms with E-state index >= 15 is 0 Å². The molecule has 1 aromatic heterocycles. The van der Waals surface area contributed by atoms with E-state index in [-0.39, 0.29) is 5.69 Å². The largest absolute Gasteiger partial charge is 0.385 e. The van der Waals surface area contributed by atoms with Crippen molar-refractivity contribution in [2.75, 3.05) is 25.6 Å². The predicted molar refractivity (Wildman–Crippen MR) is 53.7 cm³/mol. The van der Waals surface area contributed by atoms with Gasteiger partial charge in [-0.25, -0.2) is 4.63 Å². The molecule has 0 fully saturated rings. The van der Waals surface area contributed by atoms with Crippen molar-refractivity contribution in [3.63, 3.8) is 0 Å². The molecule has 1 aromatic rings. The van der Waals surface area contributed by atoms with Crippen LogP contribution in [-0.4, -0.2) is 30.6 Å². The zero-order valence-corrected chi connectivity index (χ0v) is 8.90. The van der Waals surface area contributed by atoms with Crippen LogP contribution in [0.1, 0.15) is 17.6 Å². The second-order valence-electron chi connectivity index (χ2n) is 2.71. The van der Waals surface area contributed by atoms with Crippen molar-refractivity contribution >= 4 is 17.4 Å². The Labute approximate surface area is 91.1 Å². The number of aromatic nitrogens is 2. The van der Waals surface area contributed by atoms with Gasteiger partial charge in [0.15, 0.2) is 11.5 Å². The highest BCUT2D eigenvalue weighted by Crippen LogP contribution is 2.25. The van der Waals surface area contributed by atoms with Crippen LogP contribution in [0.3, 0.4) is 0 Å². The molecule has 7 nitrogen and oxygen atoms in total. The van der Waals surface area contributed by atoms with Gasteiger partial charge in [-0.15, -0.1) is 4.91 Å². The minimum atomic E-state index is -1.08. The monoisotopic (exact) mass is 234 g/mol. The van der Waals surface area contributed by atoms with Gasteiger partial charge in [-0.1, -0.05) is 11.6 Å². The van der Waals surface area contributed by atoms with E-state index < -0.39 is 5.50 Å². The first kappa shape index (κ1) is 11.9. The first-order valence-corrected chi connectivity index (χ1v) is 4.75. The quantitative estimate of drug-likeness (QED) is 0.333. The van der Waals surface area contributed by atoms with E-state index in [1.807, 2.05) is 0 Å². The van der Waals surface area contributed by atoms with Gasteiger partial charge in [0.2, 0.25) is 5.50 Å². The van der Waals surface area contributed by atoms with Crippen LogP contribution in [0.4, 0.5) is 5.82 Å². The van der Waals surface area contributed by atoms with Crippen LogP contribution in [0.5, 0.6) is 0 Å². The van der Waals surface area contributed by atoms with Crippen molar-refractivity contribution < 1.29 is 9.37 Å². The van der Waals surface area contributed by atoms with Crippen LogP contribution in [0.2, 0.25) is 0 Å². The van der Waals surface area contributed by atoms with Crippen molar-refractivity contribution in [2.45, 2.75) is 11.9 Å². The number of ether oxygens (including phenoxy) is 1. The fourth-order valence-electron chi connectivity index (χ4n) is 0.948.